The maximum absolute atomic E-state index is 13.3. The molecule has 1 aliphatic carbocycles. The summed E-state index contributed by atoms with van der Waals surface area (Å²) in [5.74, 6) is -3.87. The summed E-state index contributed by atoms with van der Waals surface area (Å²) < 4.78 is 39.0. The van der Waals surface area contributed by atoms with Crippen LogP contribution < -0.4 is 10.6 Å². The minimum atomic E-state index is -1.61. The first kappa shape index (κ1) is 14.4. The molecular formula is C14H15F3N2O. The lowest BCUT2D eigenvalue weighted by molar-refractivity contribution is 0.255. The quantitative estimate of drug-likeness (QED) is 0.811. The Labute approximate surface area is 114 Å². The van der Waals surface area contributed by atoms with Crippen LogP contribution in [-0.4, -0.2) is 6.03 Å². The van der Waals surface area contributed by atoms with Crippen molar-refractivity contribution in [3.05, 3.63) is 41.9 Å². The van der Waals surface area contributed by atoms with Crippen LogP contribution in [0.5, 0.6) is 0 Å². The number of carbonyl (C=O) groups excluding carboxylic acids is 1. The summed E-state index contributed by atoms with van der Waals surface area (Å²) in [7, 11) is 0. The largest absolute Gasteiger partial charge is 0.323 e. The zero-order chi connectivity index (χ0) is 14.5. The van der Waals surface area contributed by atoms with E-state index < -0.39 is 29.2 Å². The van der Waals surface area contributed by atoms with Gasteiger partial charge < -0.3 is 10.6 Å². The van der Waals surface area contributed by atoms with Crippen molar-refractivity contribution >= 4 is 11.7 Å². The number of benzene rings is 1. The number of rotatable bonds is 3. The van der Waals surface area contributed by atoms with E-state index in [9.17, 15) is 18.0 Å². The van der Waals surface area contributed by atoms with Crippen molar-refractivity contribution in [1.82, 2.24) is 5.32 Å². The number of hydrogen-bond acceptors (Lipinski definition) is 1. The molecule has 0 aromatic heterocycles. The third-order valence-electron chi connectivity index (χ3n) is 3.27. The van der Waals surface area contributed by atoms with Crippen LogP contribution in [0.4, 0.5) is 23.7 Å². The molecular weight excluding hydrogens is 269 g/mol. The van der Waals surface area contributed by atoms with Gasteiger partial charge in [0.15, 0.2) is 17.5 Å². The van der Waals surface area contributed by atoms with E-state index in [0.29, 0.717) is 5.92 Å². The maximum Gasteiger partial charge on any atom is 0.323 e. The molecule has 0 spiro atoms. The second-order valence-corrected chi connectivity index (χ2v) is 4.73. The van der Waals surface area contributed by atoms with Gasteiger partial charge in [0.25, 0.3) is 0 Å². The lowest BCUT2D eigenvalue weighted by Crippen LogP contribution is -2.24. The summed E-state index contributed by atoms with van der Waals surface area (Å²) in [6.07, 6.45) is 7.93. The van der Waals surface area contributed by atoms with E-state index in [-0.39, 0.29) is 0 Å². The molecule has 1 aliphatic rings. The number of halogens is 3. The van der Waals surface area contributed by atoms with Gasteiger partial charge >= 0.3 is 6.03 Å². The highest BCUT2D eigenvalue weighted by Gasteiger charge is 2.15. The molecule has 2 N–H and O–H groups in total. The minimum Gasteiger partial charge on any atom is -0.315 e. The van der Waals surface area contributed by atoms with E-state index in [1.54, 1.807) is 0 Å². The molecule has 0 heterocycles. The fraction of sp³-hybridized carbons (Fsp3) is 0.357. The van der Waals surface area contributed by atoms with Crippen LogP contribution in [0.2, 0.25) is 0 Å². The number of carbonyl (C=O) groups is 1. The molecule has 2 rings (SSSR count). The first-order valence-corrected chi connectivity index (χ1v) is 6.45. The van der Waals surface area contributed by atoms with Gasteiger partial charge in [-0.15, -0.1) is 0 Å². The monoisotopic (exact) mass is 284 g/mol. The van der Waals surface area contributed by atoms with Gasteiger partial charge in [-0.25, -0.2) is 18.0 Å². The second-order valence-electron chi connectivity index (χ2n) is 4.73. The van der Waals surface area contributed by atoms with Crippen LogP contribution in [0.15, 0.2) is 24.4 Å². The summed E-state index contributed by atoms with van der Waals surface area (Å²) in [6.45, 7) is 0. The fourth-order valence-corrected chi connectivity index (χ4v) is 2.19. The van der Waals surface area contributed by atoms with E-state index in [4.69, 9.17) is 0 Å². The maximum atomic E-state index is 13.3. The predicted octanol–water partition coefficient (Wildman–Crippen LogP) is 3.93. The van der Waals surface area contributed by atoms with Crippen LogP contribution in [0, 0.1) is 23.4 Å². The van der Waals surface area contributed by atoms with Crippen LogP contribution in [0.3, 0.4) is 0 Å². The van der Waals surface area contributed by atoms with Gasteiger partial charge in [0.1, 0.15) is 0 Å². The Morgan fingerprint density at radius 1 is 1.15 bits per heavy atom. The van der Waals surface area contributed by atoms with E-state index in [0.717, 1.165) is 25.0 Å². The molecule has 0 radical (unpaired) electrons. The Morgan fingerprint density at radius 2 is 1.85 bits per heavy atom. The van der Waals surface area contributed by atoms with E-state index in [1.807, 2.05) is 6.08 Å². The van der Waals surface area contributed by atoms with Crippen molar-refractivity contribution in [2.45, 2.75) is 25.7 Å². The number of nitrogens with one attached hydrogen (secondary N) is 2. The number of allylic oxidation sites excluding steroid dienone is 1. The first-order chi connectivity index (χ1) is 9.58. The van der Waals surface area contributed by atoms with Crippen molar-refractivity contribution in [2.75, 3.05) is 5.32 Å². The van der Waals surface area contributed by atoms with Crippen LogP contribution >= 0.6 is 0 Å². The highest BCUT2D eigenvalue weighted by molar-refractivity contribution is 5.89. The van der Waals surface area contributed by atoms with Gasteiger partial charge in [-0.2, -0.15) is 0 Å². The number of hydrogen-bond donors (Lipinski definition) is 2. The van der Waals surface area contributed by atoms with E-state index >= 15 is 0 Å². The smallest absolute Gasteiger partial charge is 0.315 e. The average Bonchev–Trinajstić information content (AvgIpc) is 2.93. The lowest BCUT2D eigenvalue weighted by atomic mass is 10.1. The molecule has 2 amide bonds. The lowest BCUT2D eigenvalue weighted by Gasteiger charge is -2.07. The summed E-state index contributed by atoms with van der Waals surface area (Å²) in [5.41, 5.74) is -0.407. The molecule has 0 aliphatic heterocycles. The van der Waals surface area contributed by atoms with Gasteiger partial charge in [-0.05, 0) is 30.9 Å². The standard InChI is InChI=1S/C14H15F3N2O/c15-10-5-6-11(13(17)12(10)16)19-14(20)18-8-7-9-3-1-2-4-9/h5-9H,1-4H2,(H2,18,19,20)/b8-7+. The number of amides is 2. The topological polar surface area (TPSA) is 41.1 Å². The predicted molar refractivity (Wildman–Crippen MR) is 69.6 cm³/mol. The molecule has 0 saturated heterocycles. The third-order valence-corrected chi connectivity index (χ3v) is 3.27. The summed E-state index contributed by atoms with van der Waals surface area (Å²) in [5, 5.41) is 4.53. The van der Waals surface area contributed by atoms with Gasteiger partial charge in [-0.3, -0.25) is 0 Å². The number of anilines is 1. The van der Waals surface area contributed by atoms with Gasteiger partial charge in [0.2, 0.25) is 0 Å². The molecule has 1 fully saturated rings. The highest BCUT2D eigenvalue weighted by Crippen LogP contribution is 2.25. The Balaban J connectivity index is 1.89. The zero-order valence-corrected chi connectivity index (χ0v) is 10.8. The van der Waals surface area contributed by atoms with Gasteiger partial charge in [-0.1, -0.05) is 18.9 Å². The Morgan fingerprint density at radius 3 is 2.55 bits per heavy atom. The van der Waals surface area contributed by atoms with Crippen LogP contribution in [0.25, 0.3) is 0 Å². The minimum absolute atomic E-state index is 0.407. The zero-order valence-electron chi connectivity index (χ0n) is 10.8. The molecule has 6 heteroatoms. The molecule has 20 heavy (non-hydrogen) atoms. The fourth-order valence-electron chi connectivity index (χ4n) is 2.19. The van der Waals surface area contributed by atoms with E-state index in [1.165, 1.54) is 19.0 Å². The van der Waals surface area contributed by atoms with Crippen molar-refractivity contribution in [3.8, 4) is 0 Å². The first-order valence-electron chi connectivity index (χ1n) is 6.45. The normalized spacial score (nSPS) is 15.8. The van der Waals surface area contributed by atoms with Crippen molar-refractivity contribution in [2.24, 2.45) is 5.92 Å². The molecule has 0 atom stereocenters. The second kappa shape index (κ2) is 6.45. The van der Waals surface area contributed by atoms with Crippen molar-refractivity contribution in [1.29, 1.82) is 0 Å². The molecule has 108 valence electrons. The van der Waals surface area contributed by atoms with Crippen molar-refractivity contribution < 1.29 is 18.0 Å². The molecule has 3 nitrogen and oxygen atoms in total. The average molecular weight is 284 g/mol. The van der Waals surface area contributed by atoms with Crippen LogP contribution in [0.1, 0.15) is 25.7 Å². The van der Waals surface area contributed by atoms with Gasteiger partial charge in [0, 0.05) is 6.20 Å². The SMILES string of the molecule is O=C(N/C=C/C1CCCC1)Nc1ccc(F)c(F)c1F. The summed E-state index contributed by atoms with van der Waals surface area (Å²) >= 11 is 0. The Bertz CT molecular complexity index is 525. The van der Waals surface area contributed by atoms with E-state index in [2.05, 4.69) is 10.6 Å². The number of urea groups is 1. The molecule has 1 aromatic carbocycles. The summed E-state index contributed by atoms with van der Waals surface area (Å²) in [6, 6.07) is 1.01. The summed E-state index contributed by atoms with van der Waals surface area (Å²) in [4.78, 5) is 11.5. The molecule has 1 saturated carbocycles. The Hall–Kier alpha value is -1.98. The molecule has 0 unspecified atom stereocenters. The van der Waals surface area contributed by atoms with Gasteiger partial charge in [0.05, 0.1) is 5.69 Å². The molecule has 1 aromatic rings. The third kappa shape index (κ3) is 3.53. The molecule has 0 bridgehead atoms. The Kier molecular flexibility index (Phi) is 4.65. The highest BCUT2D eigenvalue weighted by atomic mass is 19.2. The van der Waals surface area contributed by atoms with Crippen molar-refractivity contribution in [3.63, 3.8) is 0 Å². The van der Waals surface area contributed by atoms with Crippen LogP contribution in [-0.2, 0) is 0 Å².